The average Bonchev–Trinajstić information content (AvgIpc) is 2.12. The Labute approximate surface area is 111 Å². The molecule has 0 aliphatic carbocycles. The van der Waals surface area contributed by atoms with E-state index in [1.54, 1.807) is 0 Å². The Morgan fingerprint density at radius 1 is 0.810 bits per heavy atom. The maximum Gasteiger partial charge on any atom is 0.463 e. The van der Waals surface area contributed by atoms with Crippen LogP contribution in [0.1, 0.15) is 13.8 Å². The first kappa shape index (κ1) is 22.7. The molecule has 0 saturated heterocycles. The molecule has 3 N–H and O–H groups in total. The lowest BCUT2D eigenvalue weighted by Gasteiger charge is -2.30. The van der Waals surface area contributed by atoms with Crippen LogP contribution in [0, 0.1) is 0 Å². The van der Waals surface area contributed by atoms with Gasteiger partial charge in [0.05, 0.1) is 0 Å². The molecule has 21 heavy (non-hydrogen) atoms. The number of alkyl halides is 10. The SMILES string of the molecule is CC(C)N.O=P(O)(C(F)(F)C(F)(F)F)C(F)(F)C(F)(F)F. The van der Waals surface area contributed by atoms with Gasteiger partial charge >= 0.3 is 31.0 Å². The van der Waals surface area contributed by atoms with Gasteiger partial charge in [0.25, 0.3) is 0 Å². The minimum absolute atomic E-state index is 0.333. The van der Waals surface area contributed by atoms with Crippen LogP contribution in [-0.4, -0.2) is 34.6 Å². The molecule has 0 atom stereocenters. The fraction of sp³-hybridized carbons (Fsp3) is 1.00. The number of nitrogens with two attached hydrogens (primary N) is 1. The van der Waals surface area contributed by atoms with Gasteiger partial charge in [-0.15, -0.1) is 0 Å². The maximum atomic E-state index is 12.1. The molecule has 0 radical (unpaired) electrons. The Kier molecular flexibility index (Phi) is 6.80. The van der Waals surface area contributed by atoms with E-state index >= 15 is 0 Å². The molecule has 14 heteroatoms. The van der Waals surface area contributed by atoms with E-state index in [0.29, 0.717) is 6.04 Å². The first-order valence-corrected chi connectivity index (χ1v) is 6.37. The summed E-state index contributed by atoms with van der Waals surface area (Å²) in [4.78, 5) is 7.86. The van der Waals surface area contributed by atoms with Crippen LogP contribution in [0.4, 0.5) is 43.9 Å². The summed E-state index contributed by atoms with van der Waals surface area (Å²) < 4.78 is 127. The lowest BCUT2D eigenvalue weighted by atomic mass is 10.5. The third-order valence-electron chi connectivity index (χ3n) is 1.44. The summed E-state index contributed by atoms with van der Waals surface area (Å²) in [5, 5.41) is 0. The standard InChI is InChI=1S/C4HF10O2P.C3H9N/c5-1(6,7)3(11,12)17(15,16)4(13,14)2(8,9)10;1-3(2)4/h(H,15,16);3H,4H2,1-2H3. The summed E-state index contributed by atoms with van der Waals surface area (Å²) in [7, 11) is -8.26. The van der Waals surface area contributed by atoms with E-state index in [0.717, 1.165) is 0 Å². The van der Waals surface area contributed by atoms with Crippen LogP contribution in [0.5, 0.6) is 0 Å². The van der Waals surface area contributed by atoms with Crippen molar-refractivity contribution in [1.29, 1.82) is 0 Å². The van der Waals surface area contributed by atoms with Gasteiger partial charge in [0.15, 0.2) is 0 Å². The van der Waals surface area contributed by atoms with E-state index in [9.17, 15) is 48.5 Å². The molecule has 0 aromatic rings. The van der Waals surface area contributed by atoms with Gasteiger partial charge in [0.1, 0.15) is 0 Å². The molecular formula is C7H10F10NO2P. The molecule has 0 aliphatic rings. The van der Waals surface area contributed by atoms with Crippen LogP contribution in [0.25, 0.3) is 0 Å². The maximum absolute atomic E-state index is 12.1. The molecule has 0 aromatic heterocycles. The first-order valence-electron chi connectivity index (χ1n) is 4.71. The Morgan fingerprint density at radius 2 is 0.952 bits per heavy atom. The molecule has 130 valence electrons. The molecule has 0 rings (SSSR count). The minimum atomic E-state index is -8.26. The Morgan fingerprint density at radius 3 is 1.05 bits per heavy atom. The monoisotopic (exact) mass is 361 g/mol. The quantitative estimate of drug-likeness (QED) is 0.579. The molecule has 0 amide bonds. The molecular weight excluding hydrogens is 351 g/mol. The van der Waals surface area contributed by atoms with E-state index in [-0.39, 0.29) is 0 Å². The van der Waals surface area contributed by atoms with Gasteiger partial charge in [-0.05, 0) is 6.04 Å². The second kappa shape index (κ2) is 6.29. The van der Waals surface area contributed by atoms with E-state index < -0.39 is 31.0 Å². The summed E-state index contributed by atoms with van der Waals surface area (Å²) in [6, 6.07) is 0.333. The predicted octanol–water partition coefficient (Wildman–Crippen LogP) is 3.92. The zero-order chi connectivity index (χ0) is 18.1. The van der Waals surface area contributed by atoms with Gasteiger partial charge in [-0.25, -0.2) is 0 Å². The number of rotatable bonds is 2. The molecule has 0 heterocycles. The van der Waals surface area contributed by atoms with Crippen molar-refractivity contribution in [2.24, 2.45) is 5.73 Å². The zero-order valence-corrected chi connectivity index (χ0v) is 11.1. The molecule has 0 aromatic carbocycles. The topological polar surface area (TPSA) is 63.3 Å². The third kappa shape index (κ3) is 4.71. The van der Waals surface area contributed by atoms with Crippen molar-refractivity contribution in [3.8, 4) is 0 Å². The third-order valence-corrected chi connectivity index (χ3v) is 3.47. The van der Waals surface area contributed by atoms with Crippen molar-refractivity contribution in [1.82, 2.24) is 0 Å². The van der Waals surface area contributed by atoms with Gasteiger partial charge in [0, 0.05) is 0 Å². The van der Waals surface area contributed by atoms with Crippen LogP contribution in [-0.2, 0) is 4.57 Å². The predicted molar refractivity (Wildman–Crippen MR) is 51.2 cm³/mol. The number of hydrogen-bond acceptors (Lipinski definition) is 2. The molecule has 0 unspecified atom stereocenters. The van der Waals surface area contributed by atoms with Crippen LogP contribution in [0.15, 0.2) is 0 Å². The van der Waals surface area contributed by atoms with Gasteiger partial charge in [-0.1, -0.05) is 13.8 Å². The van der Waals surface area contributed by atoms with Crippen molar-refractivity contribution >= 4 is 7.37 Å². The van der Waals surface area contributed by atoms with E-state index in [4.69, 9.17) is 10.6 Å². The second-order valence-electron chi connectivity index (χ2n) is 3.90. The van der Waals surface area contributed by atoms with Crippen LogP contribution in [0.3, 0.4) is 0 Å². The first-order chi connectivity index (χ1) is 8.73. The Bertz CT molecular complexity index is 355. The highest BCUT2D eigenvalue weighted by Crippen LogP contribution is 2.74. The van der Waals surface area contributed by atoms with E-state index in [1.165, 1.54) is 0 Å². The van der Waals surface area contributed by atoms with Crippen molar-refractivity contribution in [3.63, 3.8) is 0 Å². The lowest BCUT2D eigenvalue weighted by molar-refractivity contribution is -0.270. The summed E-state index contributed by atoms with van der Waals surface area (Å²) in [6.45, 7) is 3.89. The molecule has 0 saturated carbocycles. The molecule has 0 spiro atoms. The highest BCUT2D eigenvalue weighted by atomic mass is 31.2. The van der Waals surface area contributed by atoms with E-state index in [2.05, 4.69) is 0 Å². The molecule has 0 aliphatic heterocycles. The van der Waals surface area contributed by atoms with Gasteiger partial charge < -0.3 is 10.6 Å². The van der Waals surface area contributed by atoms with E-state index in [1.807, 2.05) is 13.8 Å². The zero-order valence-electron chi connectivity index (χ0n) is 10.2. The molecule has 0 bridgehead atoms. The van der Waals surface area contributed by atoms with Crippen molar-refractivity contribution in [2.45, 2.75) is 43.6 Å². The van der Waals surface area contributed by atoms with Crippen LogP contribution in [0.2, 0.25) is 0 Å². The van der Waals surface area contributed by atoms with Crippen molar-refractivity contribution in [3.05, 3.63) is 0 Å². The number of halogens is 10. The van der Waals surface area contributed by atoms with Crippen molar-refractivity contribution < 1.29 is 53.4 Å². The molecule has 0 fully saturated rings. The highest BCUT2D eigenvalue weighted by molar-refractivity contribution is 7.60. The highest BCUT2D eigenvalue weighted by Gasteiger charge is 2.83. The minimum Gasteiger partial charge on any atom is -0.336 e. The summed E-state index contributed by atoms with van der Waals surface area (Å²) in [5.41, 5.74) is -9.06. The fourth-order valence-corrected chi connectivity index (χ4v) is 1.56. The largest absolute Gasteiger partial charge is 0.463 e. The summed E-state index contributed by atoms with van der Waals surface area (Å²) in [6.07, 6.45) is -14.0. The fourth-order valence-electron chi connectivity index (χ4n) is 0.520. The van der Waals surface area contributed by atoms with Gasteiger partial charge in [-0.2, -0.15) is 43.9 Å². The second-order valence-corrected chi connectivity index (χ2v) is 6.17. The van der Waals surface area contributed by atoms with Crippen LogP contribution >= 0.6 is 7.37 Å². The normalized spacial score (nSPS) is 14.8. The van der Waals surface area contributed by atoms with Crippen LogP contribution < -0.4 is 5.73 Å². The Hall–Kier alpha value is -0.550. The average molecular weight is 361 g/mol. The summed E-state index contributed by atoms with van der Waals surface area (Å²) in [5.74, 6) is 0. The van der Waals surface area contributed by atoms with Crippen molar-refractivity contribution in [2.75, 3.05) is 0 Å². The number of hydrogen-bond donors (Lipinski definition) is 2. The lowest BCUT2D eigenvalue weighted by Crippen LogP contribution is -2.47. The van der Waals surface area contributed by atoms with Gasteiger partial charge in [-0.3, -0.25) is 4.57 Å². The summed E-state index contributed by atoms with van der Waals surface area (Å²) >= 11 is 0. The van der Waals surface area contributed by atoms with Gasteiger partial charge in [0.2, 0.25) is 0 Å². The molecule has 3 nitrogen and oxygen atoms in total. The Balaban J connectivity index is 0. The smallest absolute Gasteiger partial charge is 0.336 e.